The first-order valence-corrected chi connectivity index (χ1v) is 8.34. The minimum absolute atomic E-state index is 0.00145. The van der Waals surface area contributed by atoms with Crippen LogP contribution in [0.15, 0.2) is 18.2 Å². The minimum atomic E-state index is -0.182. The van der Waals surface area contributed by atoms with Gasteiger partial charge in [-0.15, -0.1) is 0 Å². The van der Waals surface area contributed by atoms with E-state index in [9.17, 15) is 9.59 Å². The van der Waals surface area contributed by atoms with Gasteiger partial charge < -0.3 is 15.4 Å². The maximum atomic E-state index is 12.2. The van der Waals surface area contributed by atoms with Crippen LogP contribution in [-0.4, -0.2) is 26.0 Å². The number of carbonyl (C=O) groups excluding carboxylic acids is 2. The molecule has 2 amide bonds. The Morgan fingerprint density at radius 2 is 1.96 bits per heavy atom. The minimum Gasteiger partial charge on any atom is -0.495 e. The van der Waals surface area contributed by atoms with Crippen molar-refractivity contribution in [3.63, 3.8) is 0 Å². The number of carbonyl (C=O) groups is 2. The topological polar surface area (TPSA) is 67.4 Å². The van der Waals surface area contributed by atoms with Crippen LogP contribution in [0.2, 0.25) is 0 Å². The van der Waals surface area contributed by atoms with Crippen molar-refractivity contribution in [2.24, 2.45) is 5.92 Å². The Morgan fingerprint density at radius 3 is 2.61 bits per heavy atom. The molecule has 126 valence electrons. The monoisotopic (exact) mass is 318 g/mol. The molecule has 0 spiro atoms. The molecule has 0 bridgehead atoms. The zero-order valence-electron chi connectivity index (χ0n) is 14.0. The van der Waals surface area contributed by atoms with E-state index in [1.54, 1.807) is 25.2 Å². The number of anilines is 1. The summed E-state index contributed by atoms with van der Waals surface area (Å²) in [5.41, 5.74) is 1.11. The van der Waals surface area contributed by atoms with E-state index >= 15 is 0 Å². The summed E-state index contributed by atoms with van der Waals surface area (Å²) in [5, 5.41) is 5.46. The molecule has 0 aliphatic heterocycles. The van der Waals surface area contributed by atoms with E-state index in [0.717, 1.165) is 6.42 Å². The lowest BCUT2D eigenvalue weighted by atomic mass is 9.86. The average Bonchev–Trinajstić information content (AvgIpc) is 2.60. The summed E-state index contributed by atoms with van der Waals surface area (Å²) in [6.07, 6.45) is 7.89. The van der Waals surface area contributed by atoms with Gasteiger partial charge in [-0.1, -0.05) is 32.1 Å². The number of methoxy groups -OCH3 is 1. The highest BCUT2D eigenvalue weighted by Gasteiger charge is 2.16. The third kappa shape index (κ3) is 4.98. The summed E-state index contributed by atoms with van der Waals surface area (Å²) in [5.74, 6) is 1.00. The molecule has 23 heavy (non-hydrogen) atoms. The lowest BCUT2D eigenvalue weighted by Gasteiger charge is -2.21. The number of hydrogen-bond acceptors (Lipinski definition) is 3. The Balaban J connectivity index is 1.92. The van der Waals surface area contributed by atoms with Gasteiger partial charge in [-0.25, -0.2) is 0 Å². The van der Waals surface area contributed by atoms with Crippen molar-refractivity contribution in [3.8, 4) is 5.75 Å². The van der Waals surface area contributed by atoms with E-state index in [4.69, 9.17) is 4.74 Å². The molecule has 1 aliphatic rings. The first-order chi connectivity index (χ1) is 11.1. The van der Waals surface area contributed by atoms with Crippen molar-refractivity contribution < 1.29 is 14.3 Å². The zero-order valence-corrected chi connectivity index (χ0v) is 14.0. The molecular formula is C18H26N2O3. The summed E-state index contributed by atoms with van der Waals surface area (Å²) >= 11 is 0. The number of benzene rings is 1. The van der Waals surface area contributed by atoms with Gasteiger partial charge in [-0.3, -0.25) is 9.59 Å². The number of rotatable bonds is 6. The predicted octanol–water partition coefficient (Wildman–Crippen LogP) is 3.35. The molecule has 0 atom stereocenters. The fourth-order valence-corrected chi connectivity index (χ4v) is 3.10. The maximum absolute atomic E-state index is 12.2. The van der Waals surface area contributed by atoms with Crippen molar-refractivity contribution >= 4 is 17.5 Å². The summed E-state index contributed by atoms with van der Waals surface area (Å²) in [4.78, 5) is 23.8. The van der Waals surface area contributed by atoms with E-state index < -0.39 is 0 Å². The van der Waals surface area contributed by atoms with Crippen LogP contribution < -0.4 is 15.4 Å². The predicted molar refractivity (Wildman–Crippen MR) is 90.8 cm³/mol. The van der Waals surface area contributed by atoms with Gasteiger partial charge in [-0.05, 0) is 30.5 Å². The molecule has 0 aromatic heterocycles. The molecule has 1 aliphatic carbocycles. The summed E-state index contributed by atoms with van der Waals surface area (Å²) in [6.45, 7) is 0. The highest BCUT2D eigenvalue weighted by Crippen LogP contribution is 2.29. The second kappa shape index (κ2) is 8.56. The van der Waals surface area contributed by atoms with Crippen molar-refractivity contribution in [3.05, 3.63) is 23.8 Å². The number of ether oxygens (including phenoxy) is 1. The zero-order chi connectivity index (χ0) is 16.7. The van der Waals surface area contributed by atoms with Gasteiger partial charge in [0, 0.05) is 19.0 Å². The van der Waals surface area contributed by atoms with E-state index in [1.807, 2.05) is 0 Å². The van der Waals surface area contributed by atoms with Crippen molar-refractivity contribution in [1.82, 2.24) is 5.32 Å². The van der Waals surface area contributed by atoms with E-state index in [2.05, 4.69) is 10.6 Å². The molecule has 0 radical (unpaired) electrons. The lowest BCUT2D eigenvalue weighted by Crippen LogP contribution is -2.18. The van der Waals surface area contributed by atoms with Crippen LogP contribution in [0, 0.1) is 5.92 Å². The Bertz CT molecular complexity index is 551. The van der Waals surface area contributed by atoms with Crippen LogP contribution in [0.5, 0.6) is 5.75 Å². The Kier molecular flexibility index (Phi) is 6.44. The molecule has 1 fully saturated rings. The van der Waals surface area contributed by atoms with Crippen molar-refractivity contribution in [1.29, 1.82) is 0 Å². The third-order valence-electron chi connectivity index (χ3n) is 4.47. The summed E-state index contributed by atoms with van der Waals surface area (Å²) in [7, 11) is 3.11. The third-order valence-corrected chi connectivity index (χ3v) is 4.47. The molecule has 5 nitrogen and oxygen atoms in total. The number of hydrogen-bond donors (Lipinski definition) is 2. The van der Waals surface area contributed by atoms with Crippen LogP contribution in [-0.2, 0) is 4.79 Å². The normalized spacial score (nSPS) is 15.0. The SMILES string of the molecule is CNC(=O)c1ccc(NC(=O)CCC2CCCCC2)c(OC)c1. The molecule has 2 N–H and O–H groups in total. The number of amides is 2. The first kappa shape index (κ1) is 17.3. The maximum Gasteiger partial charge on any atom is 0.251 e. The Morgan fingerprint density at radius 1 is 1.22 bits per heavy atom. The molecule has 1 aromatic carbocycles. The van der Waals surface area contributed by atoms with Crippen molar-refractivity contribution in [2.45, 2.75) is 44.9 Å². The summed E-state index contributed by atoms with van der Waals surface area (Å²) < 4.78 is 5.28. The van der Waals surface area contributed by atoms with Gasteiger partial charge in [-0.2, -0.15) is 0 Å². The van der Waals surface area contributed by atoms with Gasteiger partial charge in [0.1, 0.15) is 5.75 Å². The van der Waals surface area contributed by atoms with Gasteiger partial charge in [0.05, 0.1) is 12.8 Å². The molecular weight excluding hydrogens is 292 g/mol. The van der Waals surface area contributed by atoms with Gasteiger partial charge in [0.25, 0.3) is 5.91 Å². The van der Waals surface area contributed by atoms with Crippen LogP contribution in [0.25, 0.3) is 0 Å². The fourth-order valence-electron chi connectivity index (χ4n) is 3.10. The Hall–Kier alpha value is -2.04. The molecule has 2 rings (SSSR count). The molecule has 1 aromatic rings. The smallest absolute Gasteiger partial charge is 0.251 e. The van der Waals surface area contributed by atoms with Crippen LogP contribution in [0.4, 0.5) is 5.69 Å². The number of nitrogens with one attached hydrogen (secondary N) is 2. The molecule has 0 saturated heterocycles. The van der Waals surface area contributed by atoms with Crippen molar-refractivity contribution in [2.75, 3.05) is 19.5 Å². The quantitative estimate of drug-likeness (QED) is 0.845. The van der Waals surface area contributed by atoms with Crippen LogP contribution in [0.3, 0.4) is 0 Å². The second-order valence-electron chi connectivity index (χ2n) is 6.09. The fraction of sp³-hybridized carbons (Fsp3) is 0.556. The average molecular weight is 318 g/mol. The van der Waals surface area contributed by atoms with E-state index in [0.29, 0.717) is 29.3 Å². The highest BCUT2D eigenvalue weighted by atomic mass is 16.5. The van der Waals surface area contributed by atoms with E-state index in [-0.39, 0.29) is 11.8 Å². The lowest BCUT2D eigenvalue weighted by molar-refractivity contribution is -0.116. The molecule has 1 saturated carbocycles. The van der Waals surface area contributed by atoms with E-state index in [1.165, 1.54) is 39.2 Å². The van der Waals surface area contributed by atoms with Gasteiger partial charge in [0.2, 0.25) is 5.91 Å². The van der Waals surface area contributed by atoms with Gasteiger partial charge in [0.15, 0.2) is 0 Å². The standard InChI is InChI=1S/C18H26N2O3/c1-19-18(22)14-9-10-15(16(12-14)23-2)20-17(21)11-8-13-6-4-3-5-7-13/h9-10,12-13H,3-8,11H2,1-2H3,(H,19,22)(H,20,21). The molecule has 0 unspecified atom stereocenters. The molecule has 0 heterocycles. The molecule has 5 heteroatoms. The largest absolute Gasteiger partial charge is 0.495 e. The van der Waals surface area contributed by atoms with Crippen LogP contribution >= 0.6 is 0 Å². The first-order valence-electron chi connectivity index (χ1n) is 8.34. The second-order valence-corrected chi connectivity index (χ2v) is 6.09. The van der Waals surface area contributed by atoms with Crippen LogP contribution in [0.1, 0.15) is 55.3 Å². The highest BCUT2D eigenvalue weighted by molar-refractivity contribution is 5.97. The summed E-state index contributed by atoms with van der Waals surface area (Å²) in [6, 6.07) is 5.02. The van der Waals surface area contributed by atoms with Gasteiger partial charge >= 0.3 is 0 Å². The Labute approximate surface area is 137 Å².